The topological polar surface area (TPSA) is 32.3 Å². The van der Waals surface area contributed by atoms with Crippen molar-refractivity contribution in [3.05, 3.63) is 53.3 Å². The molecule has 1 N–H and O–H groups in total. The van der Waals surface area contributed by atoms with Gasteiger partial charge in [0.15, 0.2) is 0 Å². The number of alkyl halides is 3. The number of hydrogen-bond donors (Lipinski definition) is 1. The van der Waals surface area contributed by atoms with Crippen LogP contribution in [0.5, 0.6) is 0 Å². The van der Waals surface area contributed by atoms with Crippen molar-refractivity contribution in [2.24, 2.45) is 0 Å². The second-order valence-corrected chi connectivity index (χ2v) is 4.81. The van der Waals surface area contributed by atoms with Gasteiger partial charge in [0, 0.05) is 42.8 Å². The van der Waals surface area contributed by atoms with E-state index in [1.165, 1.54) is 12.3 Å². The quantitative estimate of drug-likeness (QED) is 0.661. The molecule has 0 heterocycles. The number of anilines is 1. The van der Waals surface area contributed by atoms with Crippen LogP contribution < -0.4 is 5.32 Å². The fourth-order valence-corrected chi connectivity index (χ4v) is 1.40. The van der Waals surface area contributed by atoms with Gasteiger partial charge in [0.25, 0.3) is 5.78 Å². The predicted molar refractivity (Wildman–Crippen MR) is 77.0 cm³/mol. The maximum Gasteiger partial charge on any atom is 0.454 e. The van der Waals surface area contributed by atoms with Gasteiger partial charge in [-0.05, 0) is 30.3 Å². The van der Waals surface area contributed by atoms with Crippen molar-refractivity contribution in [1.82, 2.24) is 4.90 Å². The number of benzene rings is 1. The fraction of sp³-hybridized carbons (Fsp3) is 0.214. The highest BCUT2D eigenvalue weighted by Gasteiger charge is 2.36. The molecular weight excluding hydrogens is 305 g/mol. The van der Waals surface area contributed by atoms with Crippen LogP contribution in [0.2, 0.25) is 5.02 Å². The van der Waals surface area contributed by atoms with Crippen LogP contribution in [-0.2, 0) is 4.79 Å². The zero-order valence-corrected chi connectivity index (χ0v) is 12.2. The molecule has 0 amide bonds. The Kier molecular flexibility index (Phi) is 5.84. The lowest BCUT2D eigenvalue weighted by molar-refractivity contribution is -0.165. The number of allylic oxidation sites excluding steroid dienone is 2. The van der Waals surface area contributed by atoms with E-state index in [9.17, 15) is 18.0 Å². The number of carbonyl (C=O) groups excluding carboxylic acids is 1. The van der Waals surface area contributed by atoms with Crippen molar-refractivity contribution >= 4 is 23.1 Å². The van der Waals surface area contributed by atoms with Gasteiger partial charge in [-0.25, -0.2) is 0 Å². The van der Waals surface area contributed by atoms with E-state index in [1.54, 1.807) is 43.3 Å². The maximum atomic E-state index is 12.3. The second-order valence-electron chi connectivity index (χ2n) is 4.37. The Morgan fingerprint density at radius 2 is 1.81 bits per heavy atom. The third-order valence-electron chi connectivity index (χ3n) is 2.25. The normalized spacial score (nSPS) is 12.6. The van der Waals surface area contributed by atoms with Crippen LogP contribution in [0.15, 0.2) is 48.3 Å². The van der Waals surface area contributed by atoms with Crippen LogP contribution in [-0.4, -0.2) is 31.0 Å². The van der Waals surface area contributed by atoms with Crippen molar-refractivity contribution in [2.45, 2.75) is 6.18 Å². The highest BCUT2D eigenvalue weighted by atomic mass is 35.5. The Morgan fingerprint density at radius 1 is 1.24 bits per heavy atom. The van der Waals surface area contributed by atoms with Crippen molar-refractivity contribution in [1.29, 1.82) is 0 Å². The monoisotopic (exact) mass is 318 g/mol. The van der Waals surface area contributed by atoms with E-state index in [2.05, 4.69) is 5.32 Å². The number of nitrogens with one attached hydrogen (secondary N) is 1. The van der Waals surface area contributed by atoms with E-state index < -0.39 is 12.0 Å². The summed E-state index contributed by atoms with van der Waals surface area (Å²) in [7, 11) is 3.42. The molecule has 7 heteroatoms. The molecule has 1 aromatic rings. The summed E-state index contributed by atoms with van der Waals surface area (Å²) in [5.41, 5.74) is 0.539. The van der Waals surface area contributed by atoms with Crippen molar-refractivity contribution in [2.75, 3.05) is 19.4 Å². The maximum absolute atomic E-state index is 12.3. The first kappa shape index (κ1) is 17.1. The Bertz CT molecular complexity index is 548. The number of nitrogens with zero attached hydrogens (tertiary/aromatic N) is 1. The molecule has 0 aliphatic carbocycles. The molecule has 1 aromatic carbocycles. The molecule has 0 saturated heterocycles. The molecule has 1 rings (SSSR count). The first-order valence-electron chi connectivity index (χ1n) is 5.88. The van der Waals surface area contributed by atoms with Crippen LogP contribution in [0.3, 0.4) is 0 Å². The number of carbonyl (C=O) groups is 1. The molecule has 0 aliphatic rings. The van der Waals surface area contributed by atoms with Gasteiger partial charge in [-0.3, -0.25) is 4.79 Å². The summed E-state index contributed by atoms with van der Waals surface area (Å²) in [5.74, 6) is -1.93. The molecular formula is C14H14ClF3N2O. The molecule has 3 nitrogen and oxygen atoms in total. The lowest BCUT2D eigenvalue weighted by Gasteiger charge is -2.10. The van der Waals surface area contributed by atoms with Gasteiger partial charge >= 0.3 is 6.18 Å². The zero-order valence-electron chi connectivity index (χ0n) is 11.4. The van der Waals surface area contributed by atoms with Crippen LogP contribution in [0.25, 0.3) is 0 Å². The summed E-state index contributed by atoms with van der Waals surface area (Å²) < 4.78 is 37.0. The molecule has 0 aromatic heterocycles. The van der Waals surface area contributed by atoms with Gasteiger partial charge in [0.1, 0.15) is 0 Å². The number of ketones is 1. The van der Waals surface area contributed by atoms with Crippen LogP contribution >= 0.6 is 11.6 Å². The lowest BCUT2D eigenvalue weighted by atomic mass is 10.2. The Labute approximate surface area is 125 Å². The molecule has 0 unspecified atom stereocenters. The average molecular weight is 319 g/mol. The van der Waals surface area contributed by atoms with E-state index in [0.29, 0.717) is 16.8 Å². The van der Waals surface area contributed by atoms with Gasteiger partial charge in [0.2, 0.25) is 0 Å². The van der Waals surface area contributed by atoms with Gasteiger partial charge in [-0.2, -0.15) is 13.2 Å². The average Bonchev–Trinajstić information content (AvgIpc) is 2.37. The minimum absolute atomic E-state index is 0.0216. The highest BCUT2D eigenvalue weighted by molar-refractivity contribution is 6.30. The van der Waals surface area contributed by atoms with Crippen molar-refractivity contribution < 1.29 is 18.0 Å². The molecule has 0 spiro atoms. The van der Waals surface area contributed by atoms with Crippen LogP contribution in [0.4, 0.5) is 18.9 Å². The molecule has 0 aliphatic heterocycles. The highest BCUT2D eigenvalue weighted by Crippen LogP contribution is 2.19. The fourth-order valence-electron chi connectivity index (χ4n) is 1.28. The van der Waals surface area contributed by atoms with E-state index >= 15 is 0 Å². The summed E-state index contributed by atoms with van der Waals surface area (Å²) in [5, 5.41) is 3.23. The molecule has 0 saturated carbocycles. The Morgan fingerprint density at radius 3 is 2.29 bits per heavy atom. The predicted octanol–water partition coefficient (Wildman–Crippen LogP) is 3.84. The molecule has 0 bridgehead atoms. The number of hydrogen-bond acceptors (Lipinski definition) is 3. The second kappa shape index (κ2) is 7.17. The molecule has 0 fully saturated rings. The van der Waals surface area contributed by atoms with Crippen molar-refractivity contribution in [3.8, 4) is 0 Å². The van der Waals surface area contributed by atoms with Crippen molar-refractivity contribution in [3.63, 3.8) is 0 Å². The summed E-state index contributed by atoms with van der Waals surface area (Å²) in [6.07, 6.45) is -1.50. The largest absolute Gasteiger partial charge is 0.454 e. The summed E-state index contributed by atoms with van der Waals surface area (Å²) >= 11 is 5.73. The molecule has 0 atom stereocenters. The third-order valence-corrected chi connectivity index (χ3v) is 2.50. The van der Waals surface area contributed by atoms with E-state index in [-0.39, 0.29) is 5.70 Å². The third kappa shape index (κ3) is 6.35. The van der Waals surface area contributed by atoms with Gasteiger partial charge < -0.3 is 10.2 Å². The summed E-state index contributed by atoms with van der Waals surface area (Å²) in [6, 6.07) is 6.36. The van der Waals surface area contributed by atoms with Crippen LogP contribution in [0, 0.1) is 0 Å². The summed E-state index contributed by atoms with van der Waals surface area (Å²) in [6.45, 7) is 0. The first-order chi connectivity index (χ1) is 9.68. The zero-order chi connectivity index (χ0) is 16.0. The van der Waals surface area contributed by atoms with Gasteiger partial charge in [0.05, 0.1) is 0 Å². The first-order valence-corrected chi connectivity index (χ1v) is 6.26. The van der Waals surface area contributed by atoms with Crippen LogP contribution in [0.1, 0.15) is 0 Å². The smallest absolute Gasteiger partial charge is 0.383 e. The standard InChI is InChI=1S/C14H14ClF3N2O/c1-20(2)8-7-12(9-13(21)14(16,17)18)19-11-5-3-10(15)4-6-11/h3-9,19H,1-2H3/b8-7+,12-9-. The molecule has 0 radical (unpaired) electrons. The molecule has 114 valence electrons. The van der Waals surface area contributed by atoms with Gasteiger partial charge in [-0.15, -0.1) is 0 Å². The van der Waals surface area contributed by atoms with Gasteiger partial charge in [-0.1, -0.05) is 11.6 Å². The number of halogens is 4. The molecule has 21 heavy (non-hydrogen) atoms. The Hall–Kier alpha value is -1.95. The van der Waals surface area contributed by atoms with E-state index in [0.717, 1.165) is 0 Å². The SMILES string of the molecule is CN(C)/C=C/C(=C/C(=O)C(F)(F)F)Nc1ccc(Cl)cc1. The summed E-state index contributed by atoms with van der Waals surface area (Å²) in [4.78, 5) is 12.7. The van der Waals surface area contributed by atoms with E-state index in [1.807, 2.05) is 0 Å². The minimum Gasteiger partial charge on any atom is -0.383 e. The lowest BCUT2D eigenvalue weighted by Crippen LogP contribution is -2.21. The number of rotatable bonds is 5. The minimum atomic E-state index is -4.90. The Balaban J connectivity index is 3.00. The van der Waals surface area contributed by atoms with E-state index in [4.69, 9.17) is 11.6 Å².